The number of likely N-dealkylation sites (N-methyl/N-ethyl adjacent to an activating group) is 1. The normalized spacial score (nSPS) is 13.2. The number of quaternary nitrogens is 1. The number of unbranched alkanes of at least 4 members (excludes halogenated alkanes) is 49. The molecule has 0 radical (unpaired) electrons. The topological polar surface area (TPSA) is 108 Å². The SMILES string of the molecule is CCCCCCC/C=C\C/C=C\CCCCCCCCCCCCCCCCCCCCCCCCCCCCCC(=O)OC(COC(=O)CCCCCCCCCCCCCCCCCCCC)COP(=O)(O)OCC[N+](C)(C)C. The van der Waals surface area contributed by atoms with Gasteiger partial charge < -0.3 is 18.9 Å². The maximum Gasteiger partial charge on any atom is 0.472 e. The molecule has 1 N–H and O–H groups in total. The first-order valence-corrected chi connectivity index (χ1v) is 37.1. The Morgan fingerprint density at radius 3 is 0.975 bits per heavy atom. The molecule has 2 atom stereocenters. The van der Waals surface area contributed by atoms with Crippen LogP contribution in [0.1, 0.15) is 367 Å². The van der Waals surface area contributed by atoms with E-state index >= 15 is 0 Å². The molecule has 480 valence electrons. The van der Waals surface area contributed by atoms with Gasteiger partial charge in [-0.25, -0.2) is 4.57 Å². The Morgan fingerprint density at radius 2 is 0.667 bits per heavy atom. The van der Waals surface area contributed by atoms with E-state index in [1.54, 1.807) is 0 Å². The highest BCUT2D eigenvalue weighted by atomic mass is 31.2. The maximum atomic E-state index is 12.9. The lowest BCUT2D eigenvalue weighted by atomic mass is 10.0. The highest BCUT2D eigenvalue weighted by molar-refractivity contribution is 7.47. The molecule has 10 heteroatoms. The lowest BCUT2D eigenvalue weighted by Crippen LogP contribution is -2.37. The van der Waals surface area contributed by atoms with Crippen LogP contribution in [0.3, 0.4) is 0 Å². The first kappa shape index (κ1) is 79.5. The van der Waals surface area contributed by atoms with Gasteiger partial charge in [0.2, 0.25) is 0 Å². The van der Waals surface area contributed by atoms with Crippen molar-refractivity contribution in [2.75, 3.05) is 47.5 Å². The fraction of sp³-hybridized carbons (Fsp3) is 0.915. The molecule has 81 heavy (non-hydrogen) atoms. The monoisotopic (exact) mass is 1170 g/mol. The number of carbonyl (C=O) groups excluding carboxylic acids is 2. The molecule has 0 aromatic heterocycles. The Labute approximate surface area is 504 Å². The maximum absolute atomic E-state index is 12.9. The molecule has 0 fully saturated rings. The number of phosphoric acid groups is 1. The van der Waals surface area contributed by atoms with Crippen molar-refractivity contribution in [3.8, 4) is 0 Å². The van der Waals surface area contributed by atoms with Crippen LogP contribution in [0.2, 0.25) is 0 Å². The number of phosphoric ester groups is 1. The molecule has 0 aliphatic carbocycles. The van der Waals surface area contributed by atoms with Crippen molar-refractivity contribution in [1.29, 1.82) is 0 Å². The third kappa shape index (κ3) is 67.5. The van der Waals surface area contributed by atoms with Gasteiger partial charge in [-0.1, -0.05) is 334 Å². The van der Waals surface area contributed by atoms with Crippen LogP contribution in [0.25, 0.3) is 0 Å². The van der Waals surface area contributed by atoms with E-state index in [2.05, 4.69) is 38.2 Å². The summed E-state index contributed by atoms with van der Waals surface area (Å²) in [5, 5.41) is 0. The molecule has 2 unspecified atom stereocenters. The summed E-state index contributed by atoms with van der Waals surface area (Å²) in [5.41, 5.74) is 0. The predicted molar refractivity (Wildman–Crippen MR) is 349 cm³/mol. The Hall–Kier alpha value is -1.51. The quantitative estimate of drug-likeness (QED) is 0.0211. The molecule has 0 heterocycles. The smallest absolute Gasteiger partial charge is 0.462 e. The van der Waals surface area contributed by atoms with E-state index in [9.17, 15) is 19.0 Å². The first-order chi connectivity index (χ1) is 39.5. The van der Waals surface area contributed by atoms with Gasteiger partial charge in [0.1, 0.15) is 19.8 Å². The molecular weight excluding hydrogens is 1030 g/mol. The van der Waals surface area contributed by atoms with Crippen molar-refractivity contribution in [1.82, 2.24) is 0 Å². The van der Waals surface area contributed by atoms with Gasteiger partial charge in [-0.2, -0.15) is 0 Å². The number of nitrogens with zero attached hydrogens (tertiary/aromatic N) is 1. The third-order valence-corrected chi connectivity index (χ3v) is 17.2. The third-order valence-electron chi connectivity index (χ3n) is 16.2. The van der Waals surface area contributed by atoms with Gasteiger partial charge in [0.05, 0.1) is 27.7 Å². The Morgan fingerprint density at radius 1 is 0.383 bits per heavy atom. The van der Waals surface area contributed by atoms with Gasteiger partial charge in [-0.15, -0.1) is 0 Å². The standard InChI is InChI=1S/C71H138NO8P/c1-6-8-10-12-14-16-18-20-22-24-26-27-28-29-30-31-32-33-34-35-36-37-38-39-40-41-42-43-44-45-46-48-50-52-54-56-58-60-62-64-71(74)80-69(68-79-81(75,76)78-66-65-72(3,4)5)67-77-70(73)63-61-59-57-55-53-51-49-47-25-23-21-19-17-15-13-11-9-7-2/h18,20,24,26,69H,6-17,19,21-23,25,27-68H2,1-5H3/p+1/b20-18-,26-24-. The molecular formula is C71H139NO8P+. The number of rotatable bonds is 67. The highest BCUT2D eigenvalue weighted by Gasteiger charge is 2.27. The van der Waals surface area contributed by atoms with Gasteiger partial charge in [0.15, 0.2) is 6.10 Å². The molecule has 0 saturated carbocycles. The van der Waals surface area contributed by atoms with E-state index < -0.39 is 26.5 Å². The van der Waals surface area contributed by atoms with Crippen molar-refractivity contribution in [3.05, 3.63) is 24.3 Å². The molecule has 0 aromatic rings. The fourth-order valence-electron chi connectivity index (χ4n) is 10.8. The van der Waals surface area contributed by atoms with Crippen molar-refractivity contribution in [2.45, 2.75) is 373 Å². The predicted octanol–water partition coefficient (Wildman–Crippen LogP) is 22.9. The Balaban J connectivity index is 3.88. The molecule has 0 bridgehead atoms. The number of hydrogen-bond acceptors (Lipinski definition) is 7. The van der Waals surface area contributed by atoms with E-state index in [0.717, 1.165) is 44.9 Å². The molecule has 9 nitrogen and oxygen atoms in total. The molecule has 0 spiro atoms. The van der Waals surface area contributed by atoms with Crippen LogP contribution in [0.5, 0.6) is 0 Å². The van der Waals surface area contributed by atoms with Crippen LogP contribution >= 0.6 is 7.82 Å². The molecule has 0 amide bonds. The second-order valence-corrected chi connectivity index (χ2v) is 27.1. The van der Waals surface area contributed by atoms with Gasteiger partial charge in [-0.05, 0) is 44.9 Å². The number of esters is 2. The summed E-state index contributed by atoms with van der Waals surface area (Å²) in [6.45, 7) is 4.50. The zero-order valence-corrected chi connectivity index (χ0v) is 55.7. The second-order valence-electron chi connectivity index (χ2n) is 25.6. The fourth-order valence-corrected chi connectivity index (χ4v) is 11.5. The van der Waals surface area contributed by atoms with E-state index in [1.165, 1.54) is 295 Å². The summed E-state index contributed by atoms with van der Waals surface area (Å²) in [4.78, 5) is 35.8. The van der Waals surface area contributed by atoms with Gasteiger partial charge >= 0.3 is 19.8 Å². The number of hydrogen-bond donors (Lipinski definition) is 1. The molecule has 0 saturated heterocycles. The molecule has 0 aliphatic rings. The highest BCUT2D eigenvalue weighted by Crippen LogP contribution is 2.43. The van der Waals surface area contributed by atoms with Gasteiger partial charge in [-0.3, -0.25) is 18.6 Å². The summed E-state index contributed by atoms with van der Waals surface area (Å²) in [6, 6.07) is 0. The Bertz CT molecular complexity index is 1420. The van der Waals surface area contributed by atoms with Crippen molar-refractivity contribution >= 4 is 19.8 Å². The van der Waals surface area contributed by atoms with Crippen LogP contribution in [-0.4, -0.2) is 74.9 Å². The average molecular weight is 1170 g/mol. The van der Waals surface area contributed by atoms with Crippen molar-refractivity contribution < 1.29 is 42.1 Å². The number of carbonyl (C=O) groups is 2. The molecule has 0 aliphatic heterocycles. The number of ether oxygens (including phenoxy) is 2. The zero-order chi connectivity index (χ0) is 59.1. The largest absolute Gasteiger partial charge is 0.472 e. The average Bonchev–Trinajstić information content (AvgIpc) is 3.43. The van der Waals surface area contributed by atoms with Gasteiger partial charge in [0, 0.05) is 12.8 Å². The summed E-state index contributed by atoms with van der Waals surface area (Å²) < 4.78 is 34.7. The summed E-state index contributed by atoms with van der Waals surface area (Å²) in [6.07, 6.45) is 78.7. The van der Waals surface area contributed by atoms with Gasteiger partial charge in [0.25, 0.3) is 0 Å². The molecule has 0 aromatic carbocycles. The minimum atomic E-state index is -4.38. The van der Waals surface area contributed by atoms with E-state index in [4.69, 9.17) is 18.5 Å². The lowest BCUT2D eigenvalue weighted by Gasteiger charge is -2.24. The first-order valence-electron chi connectivity index (χ1n) is 35.6. The Kier molecular flexibility index (Phi) is 61.8. The second kappa shape index (κ2) is 63.0. The van der Waals surface area contributed by atoms with Crippen LogP contribution in [0, 0.1) is 0 Å². The van der Waals surface area contributed by atoms with Crippen LogP contribution in [0.15, 0.2) is 24.3 Å². The van der Waals surface area contributed by atoms with Crippen LogP contribution in [0.4, 0.5) is 0 Å². The minimum Gasteiger partial charge on any atom is -0.462 e. The number of allylic oxidation sites excluding steroid dienone is 4. The summed E-state index contributed by atoms with van der Waals surface area (Å²) >= 11 is 0. The lowest BCUT2D eigenvalue weighted by molar-refractivity contribution is -0.870. The minimum absolute atomic E-state index is 0.0364. The summed E-state index contributed by atoms with van der Waals surface area (Å²) in [7, 11) is 1.50. The molecule has 0 rings (SSSR count). The van der Waals surface area contributed by atoms with Crippen LogP contribution in [-0.2, 0) is 32.7 Å². The van der Waals surface area contributed by atoms with E-state index in [-0.39, 0.29) is 25.6 Å². The summed E-state index contributed by atoms with van der Waals surface area (Å²) in [5.74, 6) is -0.772. The zero-order valence-electron chi connectivity index (χ0n) is 54.8. The van der Waals surface area contributed by atoms with Crippen LogP contribution < -0.4 is 0 Å². The van der Waals surface area contributed by atoms with Crippen molar-refractivity contribution in [2.24, 2.45) is 0 Å². The van der Waals surface area contributed by atoms with Crippen molar-refractivity contribution in [3.63, 3.8) is 0 Å². The van der Waals surface area contributed by atoms with E-state index in [0.29, 0.717) is 17.4 Å². The van der Waals surface area contributed by atoms with E-state index in [1.807, 2.05) is 21.1 Å².